The fraction of sp³-hybridized carbons (Fsp3) is 0.590. The third-order valence-corrected chi connectivity index (χ3v) is 9.22. The van der Waals surface area contributed by atoms with Crippen molar-refractivity contribution in [2.75, 3.05) is 13.2 Å². The number of rotatable bonds is 27. The molecular weight excluding hydrogens is 850 g/mol. The molecule has 0 heterocycles. The Bertz CT molecular complexity index is 1810. The molecule has 0 radical (unpaired) electrons. The Balaban J connectivity index is 3.06. The number of phenolic OH excluding ortho intramolecular Hbond substituents is 1. The van der Waals surface area contributed by atoms with Crippen molar-refractivity contribution in [3.05, 3.63) is 29.8 Å². The predicted octanol–water partition coefficient (Wildman–Crippen LogP) is -5.44. The van der Waals surface area contributed by atoms with Crippen molar-refractivity contribution >= 4 is 59.2 Å². The molecule has 64 heavy (non-hydrogen) atoms. The number of phenols is 1. The zero-order valence-corrected chi connectivity index (χ0v) is 36.2. The van der Waals surface area contributed by atoms with E-state index in [1.165, 1.54) is 38.1 Å². The van der Waals surface area contributed by atoms with Crippen LogP contribution in [-0.4, -0.2) is 164 Å². The van der Waals surface area contributed by atoms with Crippen LogP contribution < -0.4 is 48.3 Å². The van der Waals surface area contributed by atoms with E-state index in [0.717, 1.165) is 13.8 Å². The lowest BCUT2D eigenvalue weighted by Gasteiger charge is -2.27. The summed E-state index contributed by atoms with van der Waals surface area (Å²) in [7, 11) is 0. The van der Waals surface area contributed by atoms with E-state index in [4.69, 9.17) is 5.73 Å². The summed E-state index contributed by atoms with van der Waals surface area (Å²) >= 11 is 0. The Hall–Kier alpha value is -6.44. The smallest absolute Gasteiger partial charge is 0.326 e. The van der Waals surface area contributed by atoms with E-state index in [-0.39, 0.29) is 24.5 Å². The Morgan fingerprint density at radius 3 is 1.41 bits per heavy atom. The van der Waals surface area contributed by atoms with Gasteiger partial charge < -0.3 is 78.9 Å². The second-order valence-electron chi connectivity index (χ2n) is 15.4. The monoisotopic (exact) mass is 911 g/mol. The van der Waals surface area contributed by atoms with Crippen LogP contribution in [0.15, 0.2) is 24.3 Å². The third kappa shape index (κ3) is 19.3. The average Bonchev–Trinajstić information content (AvgIpc) is 3.21. The summed E-state index contributed by atoms with van der Waals surface area (Å²) in [4.78, 5) is 127. The van der Waals surface area contributed by atoms with Crippen molar-refractivity contribution in [1.29, 1.82) is 0 Å². The number of aliphatic carboxylic acids is 2. The van der Waals surface area contributed by atoms with Crippen LogP contribution in [0.4, 0.5) is 0 Å². The minimum Gasteiger partial charge on any atom is -0.508 e. The summed E-state index contributed by atoms with van der Waals surface area (Å²) in [6, 6.07) is -7.84. The van der Waals surface area contributed by atoms with Gasteiger partial charge in [0.2, 0.25) is 47.3 Å². The molecule has 10 atom stereocenters. The van der Waals surface area contributed by atoms with E-state index in [0.29, 0.717) is 5.56 Å². The number of aromatic hydroxyl groups is 1. The summed E-state index contributed by atoms with van der Waals surface area (Å²) < 4.78 is 0. The molecule has 0 bridgehead atoms. The molecule has 358 valence electrons. The van der Waals surface area contributed by atoms with Gasteiger partial charge in [-0.15, -0.1) is 0 Å². The van der Waals surface area contributed by atoms with E-state index in [1.807, 2.05) is 0 Å². The van der Waals surface area contributed by atoms with E-state index >= 15 is 0 Å². The number of carbonyl (C=O) groups excluding carboxylic acids is 8. The van der Waals surface area contributed by atoms with Crippen LogP contribution in [0.1, 0.15) is 66.4 Å². The first kappa shape index (κ1) is 55.6. The first-order valence-electron chi connectivity index (χ1n) is 20.1. The first-order valence-corrected chi connectivity index (χ1v) is 20.1. The van der Waals surface area contributed by atoms with Gasteiger partial charge in [-0.25, -0.2) is 4.79 Å². The minimum atomic E-state index is -1.85. The van der Waals surface area contributed by atoms with Crippen LogP contribution in [-0.2, 0) is 54.4 Å². The SMILES string of the molecule is CC(C)C[C@H](NC(=O)[C@H](CO)NC(=O)[C@H](CO)NC(=O)[C@@H](NC(=O)[C@H](C)NC(=O)[C@H](CCC(=O)O)NC(=O)[C@H](C)NC(=O)[C@H](Cc1ccc(O)cc1)NC(=O)[C@H](C)N)[C@@H](C)O)C(=O)O. The van der Waals surface area contributed by atoms with Gasteiger partial charge >= 0.3 is 11.9 Å². The van der Waals surface area contributed by atoms with Gasteiger partial charge in [-0.05, 0) is 64.2 Å². The molecule has 8 amide bonds. The second-order valence-corrected chi connectivity index (χ2v) is 15.4. The number of aliphatic hydroxyl groups is 3. The number of aliphatic hydroxyl groups excluding tert-OH is 3. The molecule has 1 rings (SSSR count). The second kappa shape index (κ2) is 26.9. The maximum absolute atomic E-state index is 13.3. The molecular formula is C39H61N9O16. The van der Waals surface area contributed by atoms with Crippen molar-refractivity contribution < 1.29 is 78.6 Å². The molecule has 1 aromatic carbocycles. The van der Waals surface area contributed by atoms with Crippen molar-refractivity contribution in [3.63, 3.8) is 0 Å². The van der Waals surface area contributed by atoms with Gasteiger partial charge in [-0.2, -0.15) is 0 Å². The number of carboxylic acids is 2. The average molecular weight is 912 g/mol. The number of benzene rings is 1. The Labute approximate surface area is 368 Å². The highest BCUT2D eigenvalue weighted by Crippen LogP contribution is 2.12. The van der Waals surface area contributed by atoms with Crippen molar-refractivity contribution in [3.8, 4) is 5.75 Å². The van der Waals surface area contributed by atoms with Gasteiger partial charge in [-0.3, -0.25) is 43.2 Å². The number of nitrogens with two attached hydrogens (primary N) is 1. The summed E-state index contributed by atoms with van der Waals surface area (Å²) in [6.07, 6.45) is -2.89. The normalized spacial score (nSPS) is 15.7. The lowest BCUT2D eigenvalue weighted by atomic mass is 10.0. The van der Waals surface area contributed by atoms with Crippen LogP contribution in [0.2, 0.25) is 0 Å². The van der Waals surface area contributed by atoms with Gasteiger partial charge in [0.25, 0.3) is 0 Å². The van der Waals surface area contributed by atoms with Crippen LogP contribution in [0.3, 0.4) is 0 Å². The number of carbonyl (C=O) groups is 10. The Kier molecular flexibility index (Phi) is 23.4. The highest BCUT2D eigenvalue weighted by Gasteiger charge is 2.35. The number of nitrogens with one attached hydrogen (secondary N) is 8. The minimum absolute atomic E-state index is 0.0186. The van der Waals surface area contributed by atoms with E-state index in [1.54, 1.807) is 13.8 Å². The van der Waals surface area contributed by atoms with E-state index in [9.17, 15) is 78.6 Å². The van der Waals surface area contributed by atoms with Gasteiger partial charge in [0.05, 0.1) is 25.4 Å². The van der Waals surface area contributed by atoms with Crippen LogP contribution in [0, 0.1) is 5.92 Å². The topological polar surface area (TPSA) is 414 Å². The fourth-order valence-electron chi connectivity index (χ4n) is 5.54. The molecule has 0 spiro atoms. The molecule has 0 aliphatic heterocycles. The first-order chi connectivity index (χ1) is 29.8. The van der Waals surface area contributed by atoms with Crippen molar-refractivity contribution in [2.45, 2.75) is 128 Å². The van der Waals surface area contributed by atoms with Gasteiger partial charge in [-0.1, -0.05) is 26.0 Å². The molecule has 25 heteroatoms. The molecule has 1 aromatic rings. The summed E-state index contributed by atoms with van der Waals surface area (Å²) in [6.45, 7) is 6.12. The van der Waals surface area contributed by atoms with E-state index < -0.39 is 146 Å². The molecule has 0 fully saturated rings. The van der Waals surface area contributed by atoms with Crippen LogP contribution >= 0.6 is 0 Å². The Morgan fingerprint density at radius 2 is 0.969 bits per heavy atom. The zero-order valence-electron chi connectivity index (χ0n) is 36.2. The summed E-state index contributed by atoms with van der Waals surface area (Å²) in [5.74, 6) is -11.2. The molecule has 0 saturated carbocycles. The summed E-state index contributed by atoms with van der Waals surface area (Å²) in [5.41, 5.74) is 6.16. The number of hydrogen-bond acceptors (Lipinski definition) is 15. The van der Waals surface area contributed by atoms with Crippen molar-refractivity contribution in [1.82, 2.24) is 42.5 Å². The predicted molar refractivity (Wildman–Crippen MR) is 222 cm³/mol. The maximum atomic E-state index is 13.3. The van der Waals surface area contributed by atoms with Gasteiger partial charge in [0, 0.05) is 12.8 Å². The van der Waals surface area contributed by atoms with Crippen LogP contribution in [0.5, 0.6) is 5.75 Å². The van der Waals surface area contributed by atoms with Gasteiger partial charge in [0.15, 0.2) is 0 Å². The van der Waals surface area contributed by atoms with Crippen molar-refractivity contribution in [2.24, 2.45) is 11.7 Å². The standard InChI is InChI=1S/C39H61N9O16/c1-17(2)13-26(39(63)64)45-36(60)27(15-49)46-37(61)28(16-50)47-38(62)30(21(6)51)48-33(57)20(5)41-34(58)24(11-12-29(53)54)43-32(56)19(4)42-35(59)25(44-31(55)18(3)40)14-22-7-9-23(52)10-8-22/h7-10,17-21,24-28,30,49-52H,11-16,40H2,1-6H3,(H,41,58)(H,42,59)(H,43,56)(H,44,55)(H,45,60)(H,46,61)(H,47,62)(H,48,57)(H,53,54)(H,63,64)/t18-,19-,20-,21+,24-,25-,26-,27-,28-,30-/m0/s1. The maximum Gasteiger partial charge on any atom is 0.326 e. The Morgan fingerprint density at radius 1 is 0.547 bits per heavy atom. The third-order valence-electron chi connectivity index (χ3n) is 9.22. The molecule has 0 aliphatic carbocycles. The number of hydrogen-bond donors (Lipinski definition) is 15. The lowest BCUT2D eigenvalue weighted by molar-refractivity contribution is -0.143. The molecule has 0 unspecified atom stereocenters. The zero-order chi connectivity index (χ0) is 49.0. The largest absolute Gasteiger partial charge is 0.508 e. The molecule has 25 nitrogen and oxygen atoms in total. The quantitative estimate of drug-likeness (QED) is 0.0392. The fourth-order valence-corrected chi connectivity index (χ4v) is 5.54. The lowest BCUT2D eigenvalue weighted by Crippen LogP contribution is -2.62. The number of carboxylic acid groups (broad SMARTS) is 2. The molecule has 0 aliphatic rings. The number of amides is 8. The van der Waals surface area contributed by atoms with Crippen LogP contribution in [0.25, 0.3) is 0 Å². The molecule has 0 saturated heterocycles. The highest BCUT2D eigenvalue weighted by molar-refractivity contribution is 5.98. The molecule has 16 N–H and O–H groups in total. The highest BCUT2D eigenvalue weighted by atomic mass is 16.4. The molecule has 0 aromatic heterocycles. The summed E-state index contributed by atoms with van der Waals surface area (Å²) in [5, 5.41) is 76.1. The van der Waals surface area contributed by atoms with E-state index in [2.05, 4.69) is 42.5 Å². The van der Waals surface area contributed by atoms with Gasteiger partial charge in [0.1, 0.15) is 54.1 Å².